The SMILES string of the molecule is c1ccc(-c2cc(-c3ccccc3)nc(-c3ccc(-n4c5ccccc5c5ccc6sc7ccccc7c6c54)c(-c4cc(-c5ccccc5)nc(-c5ccccc5)n4)c3)n2)cc1. The first kappa shape index (κ1) is 35.8. The molecule has 12 rings (SSSR count). The summed E-state index contributed by atoms with van der Waals surface area (Å²) in [5.41, 5.74) is 12.5. The molecule has 12 aromatic rings. The minimum atomic E-state index is 0.632. The van der Waals surface area contributed by atoms with Crippen molar-refractivity contribution in [1.29, 1.82) is 0 Å². The van der Waals surface area contributed by atoms with Gasteiger partial charge < -0.3 is 4.57 Å². The van der Waals surface area contributed by atoms with Gasteiger partial charge in [-0.05, 0) is 48.5 Å². The summed E-state index contributed by atoms with van der Waals surface area (Å²) in [4.78, 5) is 21.2. The Kier molecular flexibility index (Phi) is 8.61. The Labute approximate surface area is 361 Å². The van der Waals surface area contributed by atoms with Gasteiger partial charge in [0.15, 0.2) is 11.6 Å². The highest BCUT2D eigenvalue weighted by molar-refractivity contribution is 7.26. The highest BCUT2D eigenvalue weighted by atomic mass is 32.1. The number of fused-ring (bicyclic) bond motifs is 7. The normalized spacial score (nSPS) is 11.5. The summed E-state index contributed by atoms with van der Waals surface area (Å²) in [5, 5.41) is 4.90. The lowest BCUT2D eigenvalue weighted by atomic mass is 10.0. The Balaban J connectivity index is 1.19. The van der Waals surface area contributed by atoms with E-state index in [9.17, 15) is 0 Å². The predicted molar refractivity (Wildman–Crippen MR) is 257 cm³/mol. The van der Waals surface area contributed by atoms with Gasteiger partial charge >= 0.3 is 0 Å². The first-order valence-electron chi connectivity index (χ1n) is 20.7. The molecular weight excluding hydrogens is 775 g/mol. The van der Waals surface area contributed by atoms with Crippen molar-refractivity contribution in [3.63, 3.8) is 0 Å². The second kappa shape index (κ2) is 14.9. The van der Waals surface area contributed by atoms with Crippen LogP contribution in [0, 0.1) is 0 Å². The van der Waals surface area contributed by atoms with Crippen molar-refractivity contribution in [2.75, 3.05) is 0 Å². The summed E-state index contributed by atoms with van der Waals surface area (Å²) in [6, 6.07) is 74.2. The number of hydrogen-bond acceptors (Lipinski definition) is 5. The lowest BCUT2D eigenvalue weighted by Gasteiger charge is -2.17. The van der Waals surface area contributed by atoms with Gasteiger partial charge in [0.25, 0.3) is 0 Å². The van der Waals surface area contributed by atoms with Crippen LogP contribution in [0.25, 0.3) is 115 Å². The lowest BCUT2D eigenvalue weighted by molar-refractivity contribution is 1.15. The molecule has 4 aromatic heterocycles. The summed E-state index contributed by atoms with van der Waals surface area (Å²) in [7, 11) is 0. The second-order valence-corrected chi connectivity index (χ2v) is 16.5. The van der Waals surface area contributed by atoms with Crippen molar-refractivity contribution < 1.29 is 0 Å². The van der Waals surface area contributed by atoms with Gasteiger partial charge in [-0.15, -0.1) is 11.3 Å². The Hall–Kier alpha value is -8.06. The number of thiophene rings is 1. The lowest BCUT2D eigenvalue weighted by Crippen LogP contribution is -2.02. The van der Waals surface area contributed by atoms with E-state index in [4.69, 9.17) is 19.9 Å². The predicted octanol–water partition coefficient (Wildman–Crippen LogP) is 14.7. The van der Waals surface area contributed by atoms with Crippen molar-refractivity contribution in [3.05, 3.63) is 212 Å². The van der Waals surface area contributed by atoms with Crippen LogP contribution in [0.3, 0.4) is 0 Å². The van der Waals surface area contributed by atoms with Gasteiger partial charge in [0.2, 0.25) is 0 Å². The van der Waals surface area contributed by atoms with Crippen LogP contribution in [0.1, 0.15) is 0 Å². The highest BCUT2D eigenvalue weighted by Gasteiger charge is 2.23. The average Bonchev–Trinajstić information content (AvgIpc) is 3.90. The molecule has 0 atom stereocenters. The Bertz CT molecular complexity index is 3500. The molecule has 62 heavy (non-hydrogen) atoms. The molecule has 0 N–H and O–H groups in total. The molecule has 0 radical (unpaired) electrons. The van der Waals surface area contributed by atoms with Gasteiger partial charge in [0.05, 0.1) is 39.5 Å². The number of para-hydroxylation sites is 1. The number of rotatable bonds is 7. The Morgan fingerprint density at radius 1 is 0.339 bits per heavy atom. The smallest absolute Gasteiger partial charge is 0.160 e. The molecule has 6 heteroatoms. The molecule has 290 valence electrons. The quantitative estimate of drug-likeness (QED) is 0.161. The fourth-order valence-electron chi connectivity index (χ4n) is 8.74. The zero-order valence-corrected chi connectivity index (χ0v) is 34.2. The van der Waals surface area contributed by atoms with Gasteiger partial charge in [-0.2, -0.15) is 0 Å². The minimum absolute atomic E-state index is 0.632. The van der Waals surface area contributed by atoms with Gasteiger partial charge in [0, 0.05) is 64.3 Å². The molecule has 0 spiro atoms. The summed E-state index contributed by atoms with van der Waals surface area (Å²) in [6.07, 6.45) is 0. The van der Waals surface area contributed by atoms with E-state index in [0.717, 1.165) is 67.4 Å². The van der Waals surface area contributed by atoms with Crippen LogP contribution in [0.4, 0.5) is 0 Å². The standard InChI is InChI=1S/C56H35N5S/c1-5-17-36(18-6-1)45-34-46(37-19-7-2-8-20-37)59-56(58-45)40-29-31-50(44(33-40)48-35-47(38-21-9-3-10-22-38)57-55(60-48)39-23-11-4-12-24-39)61-49-27-15-13-25-41(49)42-30-32-52-53(54(42)61)43-26-14-16-28-51(43)62-52/h1-35H. The van der Waals surface area contributed by atoms with E-state index in [1.807, 2.05) is 47.7 Å². The van der Waals surface area contributed by atoms with Crippen molar-refractivity contribution in [1.82, 2.24) is 24.5 Å². The van der Waals surface area contributed by atoms with Crippen LogP contribution in [0.5, 0.6) is 0 Å². The summed E-state index contributed by atoms with van der Waals surface area (Å²) in [5.74, 6) is 1.28. The molecule has 0 aliphatic rings. The highest BCUT2D eigenvalue weighted by Crippen LogP contribution is 2.45. The molecule has 0 fully saturated rings. The molecule has 5 nitrogen and oxygen atoms in total. The Morgan fingerprint density at radius 3 is 1.47 bits per heavy atom. The van der Waals surface area contributed by atoms with E-state index in [-0.39, 0.29) is 0 Å². The molecule has 4 heterocycles. The maximum Gasteiger partial charge on any atom is 0.160 e. The van der Waals surface area contributed by atoms with Crippen molar-refractivity contribution >= 4 is 53.3 Å². The largest absolute Gasteiger partial charge is 0.308 e. The molecule has 0 saturated heterocycles. The third kappa shape index (κ3) is 6.16. The molecule has 8 aromatic carbocycles. The number of aromatic nitrogens is 5. The number of hydrogen-bond donors (Lipinski definition) is 0. The average molecular weight is 810 g/mol. The van der Waals surface area contributed by atoms with E-state index in [2.05, 4.69) is 180 Å². The zero-order valence-electron chi connectivity index (χ0n) is 33.4. The van der Waals surface area contributed by atoms with E-state index in [1.54, 1.807) is 0 Å². The summed E-state index contributed by atoms with van der Waals surface area (Å²) in [6.45, 7) is 0. The van der Waals surface area contributed by atoms with Crippen LogP contribution in [-0.2, 0) is 0 Å². The fourth-order valence-corrected chi connectivity index (χ4v) is 9.85. The van der Waals surface area contributed by atoms with Crippen LogP contribution in [-0.4, -0.2) is 24.5 Å². The van der Waals surface area contributed by atoms with Crippen molar-refractivity contribution in [2.24, 2.45) is 0 Å². The second-order valence-electron chi connectivity index (χ2n) is 15.4. The molecule has 0 saturated carbocycles. The van der Waals surface area contributed by atoms with E-state index in [1.165, 1.54) is 36.5 Å². The molecule has 0 aliphatic heterocycles. The van der Waals surface area contributed by atoms with Crippen LogP contribution in [0.15, 0.2) is 212 Å². The van der Waals surface area contributed by atoms with Crippen LogP contribution in [0.2, 0.25) is 0 Å². The minimum Gasteiger partial charge on any atom is -0.308 e. The molecule has 0 amide bonds. The van der Waals surface area contributed by atoms with Crippen LogP contribution < -0.4 is 0 Å². The monoisotopic (exact) mass is 809 g/mol. The first-order valence-corrected chi connectivity index (χ1v) is 21.5. The first-order chi connectivity index (χ1) is 30.7. The molecule has 0 unspecified atom stereocenters. The van der Waals surface area contributed by atoms with Gasteiger partial charge in [-0.25, -0.2) is 19.9 Å². The third-order valence-corrected chi connectivity index (χ3v) is 12.8. The van der Waals surface area contributed by atoms with E-state index < -0.39 is 0 Å². The van der Waals surface area contributed by atoms with E-state index >= 15 is 0 Å². The van der Waals surface area contributed by atoms with Gasteiger partial charge in [-0.3, -0.25) is 0 Å². The Morgan fingerprint density at radius 2 is 0.839 bits per heavy atom. The summed E-state index contributed by atoms with van der Waals surface area (Å²) < 4.78 is 4.97. The third-order valence-electron chi connectivity index (χ3n) is 11.6. The molecular formula is C56H35N5S. The fraction of sp³-hybridized carbons (Fsp3) is 0. The number of nitrogens with zero attached hydrogens (tertiary/aromatic N) is 5. The van der Waals surface area contributed by atoms with E-state index in [0.29, 0.717) is 11.6 Å². The summed E-state index contributed by atoms with van der Waals surface area (Å²) >= 11 is 1.84. The molecule has 0 aliphatic carbocycles. The van der Waals surface area contributed by atoms with Gasteiger partial charge in [0.1, 0.15) is 0 Å². The number of benzene rings is 8. The topological polar surface area (TPSA) is 56.5 Å². The van der Waals surface area contributed by atoms with Crippen LogP contribution >= 0.6 is 11.3 Å². The van der Waals surface area contributed by atoms with Crippen molar-refractivity contribution in [3.8, 4) is 73.5 Å². The van der Waals surface area contributed by atoms with Gasteiger partial charge in [-0.1, -0.05) is 164 Å². The van der Waals surface area contributed by atoms with Crippen molar-refractivity contribution in [2.45, 2.75) is 0 Å². The maximum absolute atomic E-state index is 5.43. The maximum atomic E-state index is 5.43. The molecule has 0 bridgehead atoms. The zero-order chi connectivity index (χ0) is 41.0.